The summed E-state index contributed by atoms with van der Waals surface area (Å²) in [7, 11) is 7.41. The minimum absolute atomic E-state index is 0. The second-order valence-corrected chi connectivity index (χ2v) is 7.23. The Labute approximate surface area is 204 Å². The zero-order valence-electron chi connectivity index (χ0n) is 20.0. The van der Waals surface area contributed by atoms with Gasteiger partial charge >= 0.3 is 0 Å². The maximum Gasteiger partial charge on any atom is 0.193 e. The molecular formula is C23H38IN5O2. The van der Waals surface area contributed by atoms with Crippen LogP contribution in [0.1, 0.15) is 43.3 Å². The predicted octanol–water partition coefficient (Wildman–Crippen LogP) is 3.82. The molecule has 0 bridgehead atoms. The van der Waals surface area contributed by atoms with Gasteiger partial charge in [0.2, 0.25) is 0 Å². The van der Waals surface area contributed by atoms with Crippen LogP contribution in [0.2, 0.25) is 0 Å². The maximum absolute atomic E-state index is 5.42. The highest BCUT2D eigenvalue weighted by Gasteiger charge is 2.14. The van der Waals surface area contributed by atoms with Crippen molar-refractivity contribution in [2.24, 2.45) is 12.0 Å². The van der Waals surface area contributed by atoms with Crippen LogP contribution < -0.4 is 14.8 Å². The molecule has 0 saturated carbocycles. The first-order valence-electron chi connectivity index (χ1n) is 10.7. The molecule has 0 saturated heterocycles. The molecule has 0 radical (unpaired) electrons. The van der Waals surface area contributed by atoms with E-state index < -0.39 is 0 Å². The third-order valence-electron chi connectivity index (χ3n) is 5.30. The first-order chi connectivity index (χ1) is 14.5. The van der Waals surface area contributed by atoms with Crippen molar-refractivity contribution in [2.45, 2.75) is 46.6 Å². The molecule has 1 heterocycles. The topological polar surface area (TPSA) is 63.9 Å². The Morgan fingerprint density at radius 1 is 1.13 bits per heavy atom. The lowest BCUT2D eigenvalue weighted by atomic mass is 10.1. The van der Waals surface area contributed by atoms with E-state index in [-0.39, 0.29) is 24.0 Å². The van der Waals surface area contributed by atoms with E-state index in [0.29, 0.717) is 6.54 Å². The number of guanidine groups is 1. The quantitative estimate of drug-likeness (QED) is 0.281. The Morgan fingerprint density at radius 3 is 2.42 bits per heavy atom. The number of hydrogen-bond acceptors (Lipinski definition) is 4. The minimum atomic E-state index is 0. The highest BCUT2D eigenvalue weighted by molar-refractivity contribution is 14.0. The molecule has 174 valence electrons. The van der Waals surface area contributed by atoms with Gasteiger partial charge in [0.05, 0.1) is 26.5 Å². The molecule has 7 nitrogen and oxygen atoms in total. The number of methoxy groups -OCH3 is 2. The van der Waals surface area contributed by atoms with Gasteiger partial charge in [-0.15, -0.1) is 24.0 Å². The van der Waals surface area contributed by atoms with Crippen molar-refractivity contribution >= 4 is 29.9 Å². The Bertz CT molecular complexity index is 851. The normalized spacial score (nSPS) is 11.1. The first-order valence-corrected chi connectivity index (χ1v) is 10.7. The van der Waals surface area contributed by atoms with Gasteiger partial charge in [-0.25, -0.2) is 4.99 Å². The SMILES string of the molecule is CCNC(=NCc1c(CC)nn(C)c1CC)N(C)CCc1ccc(OC)c(OC)c1.I. The summed E-state index contributed by atoms with van der Waals surface area (Å²) >= 11 is 0. The molecule has 0 atom stereocenters. The fraction of sp³-hybridized carbons (Fsp3) is 0.565. The van der Waals surface area contributed by atoms with E-state index >= 15 is 0 Å². The average Bonchev–Trinajstić information content (AvgIpc) is 3.08. The summed E-state index contributed by atoms with van der Waals surface area (Å²) in [6, 6.07) is 6.07. The molecule has 1 N–H and O–H groups in total. The van der Waals surface area contributed by atoms with Gasteiger partial charge < -0.3 is 19.7 Å². The number of aliphatic imine (C=N–C) groups is 1. The predicted molar refractivity (Wildman–Crippen MR) is 138 cm³/mol. The second kappa shape index (κ2) is 13.4. The molecule has 1 aromatic heterocycles. The van der Waals surface area contributed by atoms with Gasteiger partial charge in [-0.05, 0) is 43.9 Å². The van der Waals surface area contributed by atoms with Crippen LogP contribution in [0.5, 0.6) is 11.5 Å². The van der Waals surface area contributed by atoms with Crippen LogP contribution in [-0.4, -0.2) is 55.0 Å². The van der Waals surface area contributed by atoms with Crippen molar-refractivity contribution in [3.63, 3.8) is 0 Å². The summed E-state index contributed by atoms with van der Waals surface area (Å²) < 4.78 is 12.7. The summed E-state index contributed by atoms with van der Waals surface area (Å²) in [5, 5.41) is 8.08. The molecule has 0 amide bonds. The smallest absolute Gasteiger partial charge is 0.193 e. The molecule has 8 heteroatoms. The van der Waals surface area contributed by atoms with E-state index in [1.807, 2.05) is 23.9 Å². The molecule has 0 aliphatic heterocycles. The van der Waals surface area contributed by atoms with Crippen molar-refractivity contribution in [2.75, 3.05) is 34.4 Å². The fourth-order valence-electron chi connectivity index (χ4n) is 3.63. The zero-order chi connectivity index (χ0) is 22.1. The van der Waals surface area contributed by atoms with Gasteiger partial charge in [0.15, 0.2) is 17.5 Å². The third kappa shape index (κ3) is 7.02. The number of aromatic nitrogens is 2. The van der Waals surface area contributed by atoms with E-state index in [0.717, 1.165) is 55.5 Å². The first kappa shape index (κ1) is 27.1. The van der Waals surface area contributed by atoms with E-state index in [2.05, 4.69) is 49.2 Å². The van der Waals surface area contributed by atoms with Crippen molar-refractivity contribution < 1.29 is 9.47 Å². The van der Waals surface area contributed by atoms with Crippen LogP contribution in [0, 0.1) is 0 Å². The van der Waals surface area contributed by atoms with Crippen LogP contribution in [0.15, 0.2) is 23.2 Å². The molecule has 2 rings (SSSR count). The zero-order valence-corrected chi connectivity index (χ0v) is 22.3. The van der Waals surface area contributed by atoms with Crippen LogP contribution >= 0.6 is 24.0 Å². The summed E-state index contributed by atoms with van der Waals surface area (Å²) in [6.07, 6.45) is 2.76. The largest absolute Gasteiger partial charge is 0.493 e. The van der Waals surface area contributed by atoms with Crippen molar-refractivity contribution in [3.8, 4) is 11.5 Å². The summed E-state index contributed by atoms with van der Waals surface area (Å²) in [4.78, 5) is 7.10. The highest BCUT2D eigenvalue weighted by atomic mass is 127. The lowest BCUT2D eigenvalue weighted by Gasteiger charge is -2.22. The Morgan fingerprint density at radius 2 is 1.84 bits per heavy atom. The fourth-order valence-corrected chi connectivity index (χ4v) is 3.63. The summed E-state index contributed by atoms with van der Waals surface area (Å²) in [6.45, 7) is 8.73. The molecular weight excluding hydrogens is 505 g/mol. The molecule has 1 aromatic carbocycles. The molecule has 0 aliphatic carbocycles. The minimum Gasteiger partial charge on any atom is -0.493 e. The van der Waals surface area contributed by atoms with E-state index in [9.17, 15) is 0 Å². The average molecular weight is 543 g/mol. The maximum atomic E-state index is 5.42. The van der Waals surface area contributed by atoms with Crippen molar-refractivity contribution in [1.82, 2.24) is 20.0 Å². The monoisotopic (exact) mass is 543 g/mol. The number of nitrogens with one attached hydrogen (secondary N) is 1. The van der Waals surface area contributed by atoms with Gasteiger partial charge in [-0.2, -0.15) is 5.10 Å². The Balaban J connectivity index is 0.00000480. The molecule has 0 fully saturated rings. The lowest BCUT2D eigenvalue weighted by molar-refractivity contribution is 0.354. The van der Waals surface area contributed by atoms with E-state index in [1.54, 1.807) is 14.2 Å². The highest BCUT2D eigenvalue weighted by Crippen LogP contribution is 2.27. The number of halogens is 1. The van der Waals surface area contributed by atoms with Crippen molar-refractivity contribution in [1.29, 1.82) is 0 Å². The summed E-state index contributed by atoms with van der Waals surface area (Å²) in [5.41, 5.74) is 4.86. The number of rotatable bonds is 10. The van der Waals surface area contributed by atoms with Crippen LogP contribution in [0.3, 0.4) is 0 Å². The molecule has 0 aliphatic rings. The van der Waals surface area contributed by atoms with Gasteiger partial charge in [0.25, 0.3) is 0 Å². The molecule has 31 heavy (non-hydrogen) atoms. The third-order valence-corrected chi connectivity index (χ3v) is 5.30. The van der Waals surface area contributed by atoms with Gasteiger partial charge in [-0.3, -0.25) is 4.68 Å². The number of hydrogen-bond donors (Lipinski definition) is 1. The van der Waals surface area contributed by atoms with Gasteiger partial charge in [0.1, 0.15) is 0 Å². The Kier molecular flexibility index (Phi) is 11.7. The summed E-state index contributed by atoms with van der Waals surface area (Å²) in [5.74, 6) is 2.42. The van der Waals surface area contributed by atoms with Crippen LogP contribution in [-0.2, 0) is 32.9 Å². The standard InChI is InChI=1S/C23H37N5O2.HI/c1-8-19-18(20(9-2)28(5)26-19)16-25-23(24-10-3)27(4)14-13-17-11-12-21(29-6)22(15-17)30-7;/h11-12,15H,8-10,13-14,16H2,1-7H3,(H,24,25);1H. The molecule has 0 unspecified atom stereocenters. The molecule has 2 aromatic rings. The number of nitrogens with zero attached hydrogens (tertiary/aromatic N) is 4. The second-order valence-electron chi connectivity index (χ2n) is 7.23. The van der Waals surface area contributed by atoms with Gasteiger partial charge in [0, 0.05) is 38.4 Å². The van der Waals surface area contributed by atoms with E-state index in [1.165, 1.54) is 16.8 Å². The van der Waals surface area contributed by atoms with Gasteiger partial charge in [-0.1, -0.05) is 19.9 Å². The number of benzene rings is 1. The molecule has 0 spiro atoms. The van der Waals surface area contributed by atoms with Crippen LogP contribution in [0.25, 0.3) is 0 Å². The number of ether oxygens (including phenoxy) is 2. The Hall–Kier alpha value is -1.97. The van der Waals surface area contributed by atoms with E-state index in [4.69, 9.17) is 14.5 Å². The lowest BCUT2D eigenvalue weighted by Crippen LogP contribution is -2.40. The number of aryl methyl sites for hydroxylation is 2. The van der Waals surface area contributed by atoms with Crippen LogP contribution in [0.4, 0.5) is 0 Å². The number of likely N-dealkylation sites (N-methyl/N-ethyl adjacent to an activating group) is 1. The van der Waals surface area contributed by atoms with Crippen molar-refractivity contribution in [3.05, 3.63) is 40.7 Å².